The van der Waals surface area contributed by atoms with Gasteiger partial charge in [0.05, 0.1) is 12.2 Å². The van der Waals surface area contributed by atoms with Crippen LogP contribution in [0.1, 0.15) is 19.4 Å². The molecule has 1 rings (SSSR count). The highest BCUT2D eigenvalue weighted by Crippen LogP contribution is 2.18. The number of aromatic nitrogens is 2. The third-order valence-corrected chi connectivity index (χ3v) is 2.09. The van der Waals surface area contributed by atoms with E-state index in [1.165, 1.54) is 6.33 Å². The zero-order valence-electron chi connectivity index (χ0n) is 10.6. The Balaban J connectivity index is 2.36. The number of rotatable bonds is 7. The summed E-state index contributed by atoms with van der Waals surface area (Å²) < 4.78 is 10.9. The lowest BCUT2D eigenvalue weighted by molar-refractivity contribution is 0.0804. The first-order chi connectivity index (χ1) is 8.15. The Morgan fingerprint density at radius 2 is 2.12 bits per heavy atom. The van der Waals surface area contributed by atoms with Crippen LogP contribution in [0.15, 0.2) is 6.33 Å². The summed E-state index contributed by atoms with van der Waals surface area (Å²) in [5.74, 6) is 6.94. The molecule has 0 amide bonds. The van der Waals surface area contributed by atoms with Crippen molar-refractivity contribution in [2.24, 2.45) is 11.8 Å². The molecule has 1 aromatic rings. The van der Waals surface area contributed by atoms with Crippen LogP contribution in [0.5, 0.6) is 5.88 Å². The van der Waals surface area contributed by atoms with Gasteiger partial charge in [0.25, 0.3) is 0 Å². The summed E-state index contributed by atoms with van der Waals surface area (Å²) in [6.45, 7) is 7.81. The number of hydrazine groups is 1. The molecular weight excluding hydrogens is 220 g/mol. The number of hydrogen-bond donors (Lipinski definition) is 2. The zero-order valence-corrected chi connectivity index (χ0v) is 10.6. The average molecular weight is 240 g/mol. The van der Waals surface area contributed by atoms with Crippen molar-refractivity contribution in [3.05, 3.63) is 11.9 Å². The van der Waals surface area contributed by atoms with Gasteiger partial charge in [-0.2, -0.15) is 0 Å². The minimum absolute atomic E-state index is 0.467. The van der Waals surface area contributed by atoms with Crippen LogP contribution in [0, 0.1) is 12.8 Å². The molecular formula is C11H20N4O2. The van der Waals surface area contributed by atoms with E-state index in [9.17, 15) is 0 Å². The summed E-state index contributed by atoms with van der Waals surface area (Å²) in [6, 6.07) is 0. The maximum Gasteiger partial charge on any atom is 0.221 e. The number of nitrogens with one attached hydrogen (secondary N) is 1. The summed E-state index contributed by atoms with van der Waals surface area (Å²) in [5, 5.41) is 0. The number of anilines is 1. The van der Waals surface area contributed by atoms with Gasteiger partial charge in [0.2, 0.25) is 5.88 Å². The first kappa shape index (κ1) is 13.7. The Kier molecular flexibility index (Phi) is 5.65. The lowest BCUT2D eigenvalue weighted by atomic mass is 10.2. The van der Waals surface area contributed by atoms with E-state index in [1.807, 2.05) is 6.92 Å². The van der Waals surface area contributed by atoms with Gasteiger partial charge in [-0.15, -0.1) is 0 Å². The van der Waals surface area contributed by atoms with E-state index >= 15 is 0 Å². The van der Waals surface area contributed by atoms with Crippen molar-refractivity contribution in [2.75, 3.05) is 25.2 Å². The fraction of sp³-hybridized carbons (Fsp3) is 0.636. The van der Waals surface area contributed by atoms with Crippen LogP contribution in [-0.4, -0.2) is 29.8 Å². The second kappa shape index (κ2) is 7.03. The number of nitrogens with two attached hydrogens (primary N) is 1. The molecule has 1 aromatic heterocycles. The van der Waals surface area contributed by atoms with Crippen LogP contribution in [0.3, 0.4) is 0 Å². The van der Waals surface area contributed by atoms with Crippen molar-refractivity contribution in [1.29, 1.82) is 0 Å². The molecule has 0 spiro atoms. The molecule has 0 aliphatic carbocycles. The maximum absolute atomic E-state index is 5.49. The van der Waals surface area contributed by atoms with Gasteiger partial charge >= 0.3 is 0 Å². The standard InChI is InChI=1S/C11H20N4O2/c1-8(2)6-16-4-5-17-11-9(3)10(15-12)13-7-14-11/h7-8H,4-6,12H2,1-3H3,(H,13,14,15). The summed E-state index contributed by atoms with van der Waals surface area (Å²) in [4.78, 5) is 8.00. The molecule has 0 aliphatic rings. The molecule has 0 aromatic carbocycles. The Morgan fingerprint density at radius 1 is 1.35 bits per heavy atom. The Labute approximate surface area is 102 Å². The van der Waals surface area contributed by atoms with Crippen LogP contribution < -0.4 is 16.0 Å². The van der Waals surface area contributed by atoms with Gasteiger partial charge in [-0.1, -0.05) is 13.8 Å². The van der Waals surface area contributed by atoms with Gasteiger partial charge in [0, 0.05) is 6.61 Å². The molecule has 17 heavy (non-hydrogen) atoms. The van der Waals surface area contributed by atoms with E-state index < -0.39 is 0 Å². The van der Waals surface area contributed by atoms with Crippen molar-refractivity contribution < 1.29 is 9.47 Å². The quantitative estimate of drug-likeness (QED) is 0.422. The van der Waals surface area contributed by atoms with Gasteiger partial charge in [0.1, 0.15) is 18.8 Å². The Morgan fingerprint density at radius 3 is 2.76 bits per heavy atom. The lowest BCUT2D eigenvalue weighted by Crippen LogP contribution is -2.14. The van der Waals surface area contributed by atoms with E-state index in [0.717, 1.165) is 12.2 Å². The van der Waals surface area contributed by atoms with Crippen LogP contribution in [0.25, 0.3) is 0 Å². The predicted molar refractivity (Wildman–Crippen MR) is 65.7 cm³/mol. The molecule has 6 heteroatoms. The highest BCUT2D eigenvalue weighted by molar-refractivity contribution is 5.46. The molecule has 0 unspecified atom stereocenters. The predicted octanol–water partition coefficient (Wildman–Crippen LogP) is 1.12. The molecule has 0 radical (unpaired) electrons. The normalized spacial score (nSPS) is 10.6. The summed E-state index contributed by atoms with van der Waals surface area (Å²) in [5.41, 5.74) is 3.28. The largest absolute Gasteiger partial charge is 0.475 e. The van der Waals surface area contributed by atoms with E-state index in [2.05, 4.69) is 29.2 Å². The smallest absolute Gasteiger partial charge is 0.221 e. The van der Waals surface area contributed by atoms with E-state index in [0.29, 0.717) is 30.8 Å². The molecule has 0 aliphatic heterocycles. The van der Waals surface area contributed by atoms with Crippen LogP contribution in [0.2, 0.25) is 0 Å². The molecule has 1 heterocycles. The van der Waals surface area contributed by atoms with E-state index in [1.54, 1.807) is 0 Å². The van der Waals surface area contributed by atoms with Gasteiger partial charge in [-0.05, 0) is 12.8 Å². The van der Waals surface area contributed by atoms with Crippen molar-refractivity contribution in [2.45, 2.75) is 20.8 Å². The van der Waals surface area contributed by atoms with E-state index in [4.69, 9.17) is 15.3 Å². The van der Waals surface area contributed by atoms with Crippen molar-refractivity contribution in [3.63, 3.8) is 0 Å². The van der Waals surface area contributed by atoms with Gasteiger partial charge in [0.15, 0.2) is 0 Å². The van der Waals surface area contributed by atoms with Crippen molar-refractivity contribution in [3.8, 4) is 5.88 Å². The fourth-order valence-electron chi connectivity index (χ4n) is 1.24. The maximum atomic E-state index is 5.49. The topological polar surface area (TPSA) is 82.3 Å². The van der Waals surface area contributed by atoms with Crippen LogP contribution in [0.4, 0.5) is 5.82 Å². The molecule has 96 valence electrons. The third kappa shape index (κ3) is 4.54. The van der Waals surface area contributed by atoms with Crippen LogP contribution >= 0.6 is 0 Å². The fourth-order valence-corrected chi connectivity index (χ4v) is 1.24. The highest BCUT2D eigenvalue weighted by Gasteiger charge is 2.06. The minimum atomic E-state index is 0.467. The van der Waals surface area contributed by atoms with Crippen molar-refractivity contribution >= 4 is 5.82 Å². The molecule has 0 saturated heterocycles. The Bertz CT molecular complexity index is 344. The molecule has 0 atom stereocenters. The van der Waals surface area contributed by atoms with Crippen molar-refractivity contribution in [1.82, 2.24) is 9.97 Å². The lowest BCUT2D eigenvalue weighted by Gasteiger charge is -2.11. The van der Waals surface area contributed by atoms with Gasteiger partial charge in [-0.3, -0.25) is 0 Å². The second-order valence-electron chi connectivity index (χ2n) is 4.11. The summed E-state index contributed by atoms with van der Waals surface area (Å²) >= 11 is 0. The molecule has 6 nitrogen and oxygen atoms in total. The van der Waals surface area contributed by atoms with Gasteiger partial charge < -0.3 is 14.9 Å². The SMILES string of the molecule is Cc1c(NN)ncnc1OCCOCC(C)C. The first-order valence-electron chi connectivity index (χ1n) is 5.64. The summed E-state index contributed by atoms with van der Waals surface area (Å²) in [6.07, 6.45) is 1.41. The minimum Gasteiger partial charge on any atom is -0.475 e. The second-order valence-corrected chi connectivity index (χ2v) is 4.11. The summed E-state index contributed by atoms with van der Waals surface area (Å²) in [7, 11) is 0. The molecule has 3 N–H and O–H groups in total. The number of hydrogen-bond acceptors (Lipinski definition) is 6. The number of nitrogens with zero attached hydrogens (tertiary/aromatic N) is 2. The Hall–Kier alpha value is -1.40. The number of ether oxygens (including phenoxy) is 2. The molecule has 0 bridgehead atoms. The highest BCUT2D eigenvalue weighted by atomic mass is 16.5. The molecule has 0 saturated carbocycles. The van der Waals surface area contributed by atoms with E-state index in [-0.39, 0.29) is 0 Å². The monoisotopic (exact) mass is 240 g/mol. The molecule has 0 fully saturated rings. The zero-order chi connectivity index (χ0) is 12.7. The first-order valence-corrected chi connectivity index (χ1v) is 5.64. The van der Waals surface area contributed by atoms with Gasteiger partial charge in [-0.25, -0.2) is 15.8 Å². The number of nitrogen functional groups attached to an aromatic ring is 1. The van der Waals surface area contributed by atoms with Crippen LogP contribution in [-0.2, 0) is 4.74 Å². The average Bonchev–Trinajstić information content (AvgIpc) is 2.30. The third-order valence-electron chi connectivity index (χ3n) is 2.09.